The number of halogens is 4. The first kappa shape index (κ1) is 16.3. The summed E-state index contributed by atoms with van der Waals surface area (Å²) in [5.41, 5.74) is -2.43. The summed E-state index contributed by atoms with van der Waals surface area (Å²) in [7, 11) is 0. The van der Waals surface area contributed by atoms with Crippen LogP contribution in [0.4, 0.5) is 17.6 Å². The average Bonchev–Trinajstić information content (AvgIpc) is 2.37. The number of alkyl halides is 3. The van der Waals surface area contributed by atoms with Gasteiger partial charge in [0, 0.05) is 0 Å². The van der Waals surface area contributed by atoms with Crippen molar-refractivity contribution in [3.63, 3.8) is 0 Å². The second-order valence-electron chi connectivity index (χ2n) is 6.32. The molecule has 2 rings (SSSR count). The van der Waals surface area contributed by atoms with Crippen molar-refractivity contribution in [1.29, 1.82) is 0 Å². The van der Waals surface area contributed by atoms with Crippen LogP contribution in [0.3, 0.4) is 0 Å². The topological polar surface area (TPSA) is 20.2 Å². The minimum absolute atomic E-state index is 0.168. The zero-order valence-corrected chi connectivity index (χ0v) is 12.2. The van der Waals surface area contributed by atoms with Gasteiger partial charge < -0.3 is 5.11 Å². The van der Waals surface area contributed by atoms with Crippen LogP contribution in [0.5, 0.6) is 0 Å². The van der Waals surface area contributed by atoms with E-state index >= 15 is 0 Å². The molecular weight excluding hydrogens is 284 g/mol. The molecule has 0 spiro atoms. The Balaban J connectivity index is 2.36. The van der Waals surface area contributed by atoms with Gasteiger partial charge in [-0.1, -0.05) is 19.9 Å². The van der Waals surface area contributed by atoms with Crippen molar-refractivity contribution < 1.29 is 22.7 Å². The molecule has 1 aromatic rings. The van der Waals surface area contributed by atoms with Crippen LogP contribution in [0.1, 0.15) is 50.7 Å². The number of aliphatic hydroxyl groups is 1. The van der Waals surface area contributed by atoms with Crippen LogP contribution >= 0.6 is 0 Å². The van der Waals surface area contributed by atoms with Gasteiger partial charge in [0.1, 0.15) is 5.82 Å². The fourth-order valence-electron chi connectivity index (χ4n) is 3.16. The highest BCUT2D eigenvalue weighted by Gasteiger charge is 2.40. The molecule has 0 saturated heterocycles. The molecular formula is C16H20F4O. The Labute approximate surface area is 122 Å². The summed E-state index contributed by atoms with van der Waals surface area (Å²) in [6.07, 6.45) is -2.18. The van der Waals surface area contributed by atoms with E-state index in [4.69, 9.17) is 0 Å². The second-order valence-corrected chi connectivity index (χ2v) is 6.32. The van der Waals surface area contributed by atoms with Gasteiger partial charge in [0.2, 0.25) is 0 Å². The third kappa shape index (κ3) is 3.39. The van der Waals surface area contributed by atoms with Gasteiger partial charge in [-0.2, -0.15) is 13.2 Å². The molecule has 0 aromatic heterocycles. The SMILES string of the molecule is CC(C)C1CCCC(O)(c2ccc(F)c(C(F)(F)F)c2)C1. The van der Waals surface area contributed by atoms with Gasteiger partial charge >= 0.3 is 6.18 Å². The molecule has 2 unspecified atom stereocenters. The molecule has 0 aliphatic heterocycles. The highest BCUT2D eigenvalue weighted by atomic mass is 19.4. The van der Waals surface area contributed by atoms with E-state index in [1.807, 2.05) is 13.8 Å². The molecule has 0 heterocycles. The van der Waals surface area contributed by atoms with Crippen molar-refractivity contribution in [1.82, 2.24) is 0 Å². The molecule has 1 aromatic carbocycles. The van der Waals surface area contributed by atoms with Crippen molar-refractivity contribution in [3.8, 4) is 0 Å². The predicted molar refractivity (Wildman–Crippen MR) is 72.1 cm³/mol. The minimum atomic E-state index is -4.75. The lowest BCUT2D eigenvalue weighted by Crippen LogP contribution is -2.34. The Kier molecular flexibility index (Phi) is 4.34. The van der Waals surface area contributed by atoms with E-state index in [-0.39, 0.29) is 11.5 Å². The maximum absolute atomic E-state index is 13.4. The molecule has 1 nitrogen and oxygen atoms in total. The quantitative estimate of drug-likeness (QED) is 0.772. The Bertz CT molecular complexity index is 509. The first-order valence-corrected chi connectivity index (χ1v) is 7.23. The van der Waals surface area contributed by atoms with Gasteiger partial charge in [0.15, 0.2) is 0 Å². The lowest BCUT2D eigenvalue weighted by Gasteiger charge is -2.39. The standard InChI is InChI=1S/C16H20F4O/c1-10(2)11-4-3-7-15(21,9-11)12-5-6-14(17)13(8-12)16(18,19)20/h5-6,8,10-11,21H,3-4,7,9H2,1-2H3. The van der Waals surface area contributed by atoms with E-state index in [2.05, 4.69) is 0 Å². The molecule has 1 N–H and O–H groups in total. The normalized spacial score (nSPS) is 27.1. The molecule has 0 amide bonds. The molecule has 21 heavy (non-hydrogen) atoms. The summed E-state index contributed by atoms with van der Waals surface area (Å²) in [6.45, 7) is 4.09. The first-order valence-electron chi connectivity index (χ1n) is 7.23. The van der Waals surface area contributed by atoms with Crippen LogP contribution in [-0.2, 0) is 11.8 Å². The zero-order valence-electron chi connectivity index (χ0n) is 12.2. The Morgan fingerprint density at radius 3 is 2.52 bits per heavy atom. The summed E-state index contributed by atoms with van der Waals surface area (Å²) in [5, 5.41) is 10.8. The summed E-state index contributed by atoms with van der Waals surface area (Å²) >= 11 is 0. The molecule has 0 radical (unpaired) electrons. The number of hydrogen-bond donors (Lipinski definition) is 1. The Morgan fingerprint density at radius 2 is 1.95 bits per heavy atom. The molecule has 1 aliphatic rings. The molecule has 1 fully saturated rings. The summed E-state index contributed by atoms with van der Waals surface area (Å²) in [6, 6.07) is 2.83. The number of hydrogen-bond acceptors (Lipinski definition) is 1. The van der Waals surface area contributed by atoms with Gasteiger partial charge in [-0.25, -0.2) is 4.39 Å². The van der Waals surface area contributed by atoms with Gasteiger partial charge in [0.05, 0.1) is 11.2 Å². The third-order valence-corrected chi connectivity index (χ3v) is 4.52. The van der Waals surface area contributed by atoms with Crippen LogP contribution in [0.25, 0.3) is 0 Å². The van der Waals surface area contributed by atoms with Crippen molar-refractivity contribution in [2.24, 2.45) is 11.8 Å². The Hall–Kier alpha value is -1.10. The van der Waals surface area contributed by atoms with Crippen molar-refractivity contribution >= 4 is 0 Å². The Morgan fingerprint density at radius 1 is 1.29 bits per heavy atom. The lowest BCUT2D eigenvalue weighted by atomic mass is 9.71. The van der Waals surface area contributed by atoms with Gasteiger partial charge in [-0.05, 0) is 55.2 Å². The molecule has 2 atom stereocenters. The van der Waals surface area contributed by atoms with E-state index in [0.29, 0.717) is 18.8 Å². The monoisotopic (exact) mass is 304 g/mol. The predicted octanol–water partition coefficient (Wildman–Crippen LogP) is 4.88. The van der Waals surface area contributed by atoms with Gasteiger partial charge in [-0.15, -0.1) is 0 Å². The summed E-state index contributed by atoms with van der Waals surface area (Å²) in [5.74, 6) is -0.673. The van der Waals surface area contributed by atoms with Crippen LogP contribution in [0.2, 0.25) is 0 Å². The minimum Gasteiger partial charge on any atom is -0.385 e. The highest BCUT2D eigenvalue weighted by molar-refractivity contribution is 5.31. The highest BCUT2D eigenvalue weighted by Crippen LogP contribution is 2.44. The van der Waals surface area contributed by atoms with Crippen LogP contribution in [0.15, 0.2) is 18.2 Å². The van der Waals surface area contributed by atoms with Crippen LogP contribution < -0.4 is 0 Å². The maximum Gasteiger partial charge on any atom is 0.419 e. The fraction of sp³-hybridized carbons (Fsp3) is 0.625. The maximum atomic E-state index is 13.4. The van der Waals surface area contributed by atoms with Crippen LogP contribution in [0, 0.1) is 17.7 Å². The van der Waals surface area contributed by atoms with E-state index in [9.17, 15) is 22.7 Å². The summed E-state index contributed by atoms with van der Waals surface area (Å²) in [4.78, 5) is 0. The average molecular weight is 304 g/mol. The number of rotatable bonds is 2. The molecule has 0 bridgehead atoms. The first-order chi connectivity index (χ1) is 9.63. The third-order valence-electron chi connectivity index (χ3n) is 4.52. The zero-order chi connectivity index (χ0) is 15.8. The molecule has 1 aliphatic carbocycles. The van der Waals surface area contributed by atoms with Gasteiger partial charge in [-0.3, -0.25) is 0 Å². The number of benzene rings is 1. The smallest absolute Gasteiger partial charge is 0.385 e. The van der Waals surface area contributed by atoms with Crippen LogP contribution in [-0.4, -0.2) is 5.11 Å². The van der Waals surface area contributed by atoms with E-state index in [1.165, 1.54) is 6.07 Å². The van der Waals surface area contributed by atoms with E-state index < -0.39 is 23.2 Å². The lowest BCUT2D eigenvalue weighted by molar-refractivity contribution is -0.140. The van der Waals surface area contributed by atoms with E-state index in [0.717, 1.165) is 25.0 Å². The molecule has 1 saturated carbocycles. The fourth-order valence-corrected chi connectivity index (χ4v) is 3.16. The largest absolute Gasteiger partial charge is 0.419 e. The van der Waals surface area contributed by atoms with Crippen molar-refractivity contribution in [3.05, 3.63) is 35.1 Å². The second kappa shape index (κ2) is 5.59. The molecule has 5 heteroatoms. The van der Waals surface area contributed by atoms with Gasteiger partial charge in [0.25, 0.3) is 0 Å². The van der Waals surface area contributed by atoms with E-state index in [1.54, 1.807) is 0 Å². The van der Waals surface area contributed by atoms with Crippen molar-refractivity contribution in [2.45, 2.75) is 51.3 Å². The van der Waals surface area contributed by atoms with Crippen molar-refractivity contribution in [2.75, 3.05) is 0 Å². The molecule has 118 valence electrons. The summed E-state index contributed by atoms with van der Waals surface area (Å²) < 4.78 is 51.8.